The molecule has 0 saturated carbocycles. The van der Waals surface area contributed by atoms with E-state index in [4.69, 9.17) is 9.47 Å². The minimum absolute atomic E-state index is 0.0492. The van der Waals surface area contributed by atoms with E-state index in [1.165, 1.54) is 6.07 Å². The quantitative estimate of drug-likeness (QED) is 0.873. The molecule has 2 heterocycles. The third-order valence-corrected chi connectivity index (χ3v) is 3.83. The lowest BCUT2D eigenvalue weighted by atomic mass is 10.1. The Morgan fingerprint density at radius 2 is 2.14 bits per heavy atom. The van der Waals surface area contributed by atoms with E-state index in [0.29, 0.717) is 38.4 Å². The molecule has 1 aromatic rings. The highest BCUT2D eigenvalue weighted by Gasteiger charge is 2.32. The SMILES string of the molecule is O=C([C@@H]1CNCCO1)N1CCO[C@H](c2ccccc2F)C1. The maximum atomic E-state index is 13.8. The van der Waals surface area contributed by atoms with E-state index in [0.717, 1.165) is 6.54 Å². The van der Waals surface area contributed by atoms with Gasteiger partial charge in [0.2, 0.25) is 0 Å². The number of carbonyl (C=O) groups excluding carboxylic acids is 1. The summed E-state index contributed by atoms with van der Waals surface area (Å²) in [5.41, 5.74) is 0.498. The zero-order chi connectivity index (χ0) is 14.7. The van der Waals surface area contributed by atoms with E-state index in [2.05, 4.69) is 5.32 Å². The molecule has 6 heteroatoms. The summed E-state index contributed by atoms with van der Waals surface area (Å²) in [7, 11) is 0. The molecular formula is C15H19FN2O3. The first-order valence-corrected chi connectivity index (χ1v) is 7.23. The maximum absolute atomic E-state index is 13.8. The van der Waals surface area contributed by atoms with Gasteiger partial charge < -0.3 is 19.7 Å². The van der Waals surface area contributed by atoms with Crippen molar-refractivity contribution in [3.05, 3.63) is 35.6 Å². The number of benzene rings is 1. The van der Waals surface area contributed by atoms with Crippen LogP contribution in [0, 0.1) is 5.82 Å². The van der Waals surface area contributed by atoms with Crippen molar-refractivity contribution in [2.75, 3.05) is 39.4 Å². The molecule has 5 nitrogen and oxygen atoms in total. The summed E-state index contributed by atoms with van der Waals surface area (Å²) in [4.78, 5) is 14.1. The van der Waals surface area contributed by atoms with Crippen LogP contribution in [-0.2, 0) is 14.3 Å². The van der Waals surface area contributed by atoms with Gasteiger partial charge in [-0.15, -0.1) is 0 Å². The summed E-state index contributed by atoms with van der Waals surface area (Å²) in [6.45, 7) is 3.12. The number of morpholine rings is 2. The lowest BCUT2D eigenvalue weighted by molar-refractivity contribution is -0.152. The van der Waals surface area contributed by atoms with Gasteiger partial charge in [0.25, 0.3) is 5.91 Å². The number of nitrogens with zero attached hydrogens (tertiary/aromatic N) is 1. The molecule has 1 aromatic carbocycles. The fourth-order valence-corrected chi connectivity index (χ4v) is 2.70. The number of hydrogen-bond acceptors (Lipinski definition) is 4. The monoisotopic (exact) mass is 294 g/mol. The molecule has 2 aliphatic rings. The molecule has 0 bridgehead atoms. The number of amides is 1. The lowest BCUT2D eigenvalue weighted by Gasteiger charge is -2.36. The maximum Gasteiger partial charge on any atom is 0.253 e. The highest BCUT2D eigenvalue weighted by Crippen LogP contribution is 2.25. The average Bonchev–Trinajstić information content (AvgIpc) is 2.55. The van der Waals surface area contributed by atoms with Gasteiger partial charge in [0.15, 0.2) is 0 Å². The summed E-state index contributed by atoms with van der Waals surface area (Å²) in [6, 6.07) is 6.53. The summed E-state index contributed by atoms with van der Waals surface area (Å²) in [5, 5.41) is 3.14. The van der Waals surface area contributed by atoms with Gasteiger partial charge in [0, 0.05) is 25.2 Å². The van der Waals surface area contributed by atoms with Crippen molar-refractivity contribution in [3.8, 4) is 0 Å². The molecule has 2 saturated heterocycles. The molecule has 21 heavy (non-hydrogen) atoms. The zero-order valence-corrected chi connectivity index (χ0v) is 11.8. The van der Waals surface area contributed by atoms with Crippen molar-refractivity contribution in [2.45, 2.75) is 12.2 Å². The van der Waals surface area contributed by atoms with Crippen molar-refractivity contribution in [3.63, 3.8) is 0 Å². The summed E-state index contributed by atoms with van der Waals surface area (Å²) in [5.74, 6) is -0.348. The van der Waals surface area contributed by atoms with Gasteiger partial charge in [-0.3, -0.25) is 4.79 Å². The fourth-order valence-electron chi connectivity index (χ4n) is 2.70. The van der Waals surface area contributed by atoms with Gasteiger partial charge in [0.05, 0.1) is 19.8 Å². The Balaban J connectivity index is 1.68. The second kappa shape index (κ2) is 6.51. The van der Waals surface area contributed by atoms with Crippen molar-refractivity contribution in [1.29, 1.82) is 0 Å². The van der Waals surface area contributed by atoms with E-state index >= 15 is 0 Å². The van der Waals surface area contributed by atoms with Crippen LogP contribution in [0.3, 0.4) is 0 Å². The summed E-state index contributed by atoms with van der Waals surface area (Å²) >= 11 is 0. The molecular weight excluding hydrogens is 275 g/mol. The van der Waals surface area contributed by atoms with E-state index in [1.54, 1.807) is 23.1 Å². The van der Waals surface area contributed by atoms with Gasteiger partial charge in [-0.2, -0.15) is 0 Å². The third kappa shape index (κ3) is 3.23. The minimum Gasteiger partial charge on any atom is -0.370 e. The number of hydrogen-bond donors (Lipinski definition) is 1. The number of rotatable bonds is 2. The second-order valence-corrected chi connectivity index (χ2v) is 5.23. The van der Waals surface area contributed by atoms with Crippen LogP contribution in [0.25, 0.3) is 0 Å². The Hall–Kier alpha value is -1.50. The number of halogens is 1. The summed E-state index contributed by atoms with van der Waals surface area (Å²) in [6.07, 6.45) is -0.862. The topological polar surface area (TPSA) is 50.8 Å². The third-order valence-electron chi connectivity index (χ3n) is 3.83. The predicted molar refractivity (Wildman–Crippen MR) is 74.3 cm³/mol. The Morgan fingerprint density at radius 3 is 2.90 bits per heavy atom. The number of ether oxygens (including phenoxy) is 2. The van der Waals surface area contributed by atoms with Gasteiger partial charge >= 0.3 is 0 Å². The van der Waals surface area contributed by atoms with Crippen LogP contribution in [0.4, 0.5) is 4.39 Å². The van der Waals surface area contributed by atoms with Crippen molar-refractivity contribution < 1.29 is 18.7 Å². The molecule has 1 amide bonds. The van der Waals surface area contributed by atoms with Crippen LogP contribution in [0.1, 0.15) is 11.7 Å². The smallest absolute Gasteiger partial charge is 0.253 e. The zero-order valence-electron chi connectivity index (χ0n) is 11.8. The van der Waals surface area contributed by atoms with Gasteiger partial charge in [-0.05, 0) is 6.07 Å². The largest absolute Gasteiger partial charge is 0.370 e. The van der Waals surface area contributed by atoms with Crippen molar-refractivity contribution in [2.24, 2.45) is 0 Å². The highest BCUT2D eigenvalue weighted by atomic mass is 19.1. The first kappa shape index (κ1) is 14.4. The van der Waals surface area contributed by atoms with E-state index < -0.39 is 12.2 Å². The summed E-state index contributed by atoms with van der Waals surface area (Å²) < 4.78 is 25.0. The van der Waals surface area contributed by atoms with Crippen molar-refractivity contribution in [1.82, 2.24) is 10.2 Å². The first-order chi connectivity index (χ1) is 10.3. The minimum atomic E-state index is -0.446. The molecule has 2 fully saturated rings. The Bertz CT molecular complexity index is 505. The fraction of sp³-hybridized carbons (Fsp3) is 0.533. The Labute approximate surface area is 123 Å². The normalized spacial score (nSPS) is 26.6. The van der Waals surface area contributed by atoms with E-state index in [9.17, 15) is 9.18 Å². The molecule has 1 N–H and O–H groups in total. The second-order valence-electron chi connectivity index (χ2n) is 5.23. The van der Waals surface area contributed by atoms with Crippen LogP contribution < -0.4 is 5.32 Å². The molecule has 0 aliphatic carbocycles. The van der Waals surface area contributed by atoms with Crippen LogP contribution in [0.2, 0.25) is 0 Å². The van der Waals surface area contributed by atoms with E-state index in [-0.39, 0.29) is 11.7 Å². The van der Waals surface area contributed by atoms with Crippen LogP contribution >= 0.6 is 0 Å². The lowest BCUT2D eigenvalue weighted by Crippen LogP contribution is -2.52. The molecule has 0 aromatic heterocycles. The molecule has 3 rings (SSSR count). The van der Waals surface area contributed by atoms with Crippen LogP contribution in [0.5, 0.6) is 0 Å². The molecule has 0 unspecified atom stereocenters. The standard InChI is InChI=1S/C15H19FN2O3/c16-12-4-2-1-3-11(12)14-10-18(6-8-21-14)15(19)13-9-17-5-7-20-13/h1-4,13-14,17H,5-10H2/t13-,14-/m0/s1. The number of carbonyl (C=O) groups is 1. The highest BCUT2D eigenvalue weighted by molar-refractivity contribution is 5.81. The first-order valence-electron chi connectivity index (χ1n) is 7.23. The molecule has 0 radical (unpaired) electrons. The molecule has 0 spiro atoms. The Morgan fingerprint density at radius 1 is 1.29 bits per heavy atom. The average molecular weight is 294 g/mol. The Kier molecular flexibility index (Phi) is 4.48. The van der Waals surface area contributed by atoms with Crippen molar-refractivity contribution >= 4 is 5.91 Å². The van der Waals surface area contributed by atoms with Gasteiger partial charge in [0.1, 0.15) is 18.0 Å². The molecule has 114 valence electrons. The van der Waals surface area contributed by atoms with E-state index in [1.807, 2.05) is 0 Å². The molecule has 2 aliphatic heterocycles. The predicted octanol–water partition coefficient (Wildman–Crippen LogP) is 0.714. The van der Waals surface area contributed by atoms with Crippen LogP contribution in [0.15, 0.2) is 24.3 Å². The number of nitrogens with one attached hydrogen (secondary N) is 1. The van der Waals surface area contributed by atoms with Gasteiger partial charge in [-0.25, -0.2) is 4.39 Å². The van der Waals surface area contributed by atoms with Gasteiger partial charge in [-0.1, -0.05) is 18.2 Å². The van der Waals surface area contributed by atoms with Crippen LogP contribution in [-0.4, -0.2) is 56.3 Å². The molecule has 2 atom stereocenters.